The normalized spacial score (nSPS) is 36.3. The number of nitrogens with zero attached hydrogens (tertiary/aromatic N) is 2. The molecule has 0 N–H and O–H groups in total. The molecule has 0 aromatic rings. The van der Waals surface area contributed by atoms with Gasteiger partial charge in [0.2, 0.25) is 0 Å². The summed E-state index contributed by atoms with van der Waals surface area (Å²) in [5.41, 5.74) is 0.247. The van der Waals surface area contributed by atoms with E-state index in [1.54, 1.807) is 0 Å². The third kappa shape index (κ3) is 2.03. The quantitative estimate of drug-likeness (QED) is 0.659. The minimum absolute atomic E-state index is 0.121. The van der Waals surface area contributed by atoms with Crippen LogP contribution in [0.5, 0.6) is 0 Å². The molecule has 1 unspecified atom stereocenters. The molecule has 84 valence electrons. The summed E-state index contributed by atoms with van der Waals surface area (Å²) in [7, 11) is 0. The number of nitriles is 1. The highest BCUT2D eigenvalue weighted by atomic mass is 15.2. The van der Waals surface area contributed by atoms with Gasteiger partial charge in [-0.25, -0.2) is 0 Å². The molecule has 2 aliphatic rings. The van der Waals surface area contributed by atoms with Crippen molar-refractivity contribution in [1.29, 1.82) is 5.26 Å². The molecule has 2 nitrogen and oxygen atoms in total. The van der Waals surface area contributed by atoms with Crippen LogP contribution in [0.25, 0.3) is 0 Å². The lowest BCUT2D eigenvalue weighted by Crippen LogP contribution is -2.48. The van der Waals surface area contributed by atoms with Crippen LogP contribution in [-0.4, -0.2) is 23.5 Å². The second-order valence-electron chi connectivity index (χ2n) is 6.03. The van der Waals surface area contributed by atoms with Crippen LogP contribution >= 0.6 is 0 Å². The first-order valence-corrected chi connectivity index (χ1v) is 6.24. The van der Waals surface area contributed by atoms with Gasteiger partial charge in [0.15, 0.2) is 0 Å². The predicted octanol–water partition coefficient (Wildman–Crippen LogP) is 2.94. The number of hydrogen-bond acceptors (Lipinski definition) is 2. The highest BCUT2D eigenvalue weighted by Gasteiger charge is 2.47. The van der Waals surface area contributed by atoms with E-state index in [1.807, 2.05) is 0 Å². The fraction of sp³-hybridized carbons (Fsp3) is 0.923. The minimum Gasteiger partial charge on any atom is -0.286 e. The fourth-order valence-electron chi connectivity index (χ4n) is 3.27. The zero-order valence-electron chi connectivity index (χ0n) is 10.1. The molecule has 0 radical (unpaired) electrons. The van der Waals surface area contributed by atoms with Gasteiger partial charge in [-0.1, -0.05) is 20.3 Å². The first-order valence-electron chi connectivity index (χ1n) is 6.24. The van der Waals surface area contributed by atoms with Crippen molar-refractivity contribution >= 4 is 0 Å². The van der Waals surface area contributed by atoms with Gasteiger partial charge in [0.1, 0.15) is 5.54 Å². The number of hydrogen-bond donors (Lipinski definition) is 0. The van der Waals surface area contributed by atoms with E-state index in [0.717, 1.165) is 25.9 Å². The summed E-state index contributed by atoms with van der Waals surface area (Å²) >= 11 is 0. The maximum atomic E-state index is 9.51. The molecule has 15 heavy (non-hydrogen) atoms. The van der Waals surface area contributed by atoms with Crippen LogP contribution in [0.3, 0.4) is 0 Å². The summed E-state index contributed by atoms with van der Waals surface area (Å²) in [6.07, 6.45) is 7.26. The molecule has 0 bridgehead atoms. The molecule has 2 fully saturated rings. The van der Waals surface area contributed by atoms with E-state index >= 15 is 0 Å². The summed E-state index contributed by atoms with van der Waals surface area (Å²) in [5.74, 6) is 0. The fourth-order valence-corrected chi connectivity index (χ4v) is 3.27. The minimum atomic E-state index is -0.121. The Morgan fingerprint density at radius 1 is 1.07 bits per heavy atom. The van der Waals surface area contributed by atoms with Crippen molar-refractivity contribution in [3.8, 4) is 6.07 Å². The zero-order chi connectivity index (χ0) is 10.9. The Balaban J connectivity index is 2.12. The van der Waals surface area contributed by atoms with Crippen molar-refractivity contribution in [3.05, 3.63) is 0 Å². The van der Waals surface area contributed by atoms with E-state index in [4.69, 9.17) is 0 Å². The Kier molecular flexibility index (Phi) is 2.77. The molecule has 0 amide bonds. The maximum Gasteiger partial charge on any atom is 0.109 e. The van der Waals surface area contributed by atoms with Gasteiger partial charge in [0.05, 0.1) is 6.07 Å². The van der Waals surface area contributed by atoms with Crippen LogP contribution in [0.15, 0.2) is 0 Å². The van der Waals surface area contributed by atoms with E-state index < -0.39 is 0 Å². The van der Waals surface area contributed by atoms with Crippen LogP contribution in [0, 0.1) is 16.7 Å². The largest absolute Gasteiger partial charge is 0.286 e. The lowest BCUT2D eigenvalue weighted by atomic mass is 9.86. The molecule has 1 saturated carbocycles. The molecular weight excluding hydrogens is 184 g/mol. The number of piperidine rings is 1. The second kappa shape index (κ2) is 3.79. The van der Waals surface area contributed by atoms with Crippen molar-refractivity contribution in [2.45, 2.75) is 57.9 Å². The van der Waals surface area contributed by atoms with Crippen molar-refractivity contribution in [3.63, 3.8) is 0 Å². The first-order chi connectivity index (χ1) is 7.08. The molecule has 2 heteroatoms. The van der Waals surface area contributed by atoms with Crippen LogP contribution in [-0.2, 0) is 0 Å². The molecule has 2 rings (SSSR count). The van der Waals surface area contributed by atoms with Gasteiger partial charge in [0.25, 0.3) is 0 Å². The smallest absolute Gasteiger partial charge is 0.109 e. The molecule has 1 aliphatic heterocycles. The highest BCUT2D eigenvalue weighted by Crippen LogP contribution is 2.46. The van der Waals surface area contributed by atoms with Gasteiger partial charge in [-0.15, -0.1) is 0 Å². The summed E-state index contributed by atoms with van der Waals surface area (Å²) < 4.78 is 0. The van der Waals surface area contributed by atoms with Crippen molar-refractivity contribution in [2.75, 3.05) is 13.1 Å². The standard InChI is InChI=1S/C13H22N2/c1-12(2)6-7-13(10-12,11-14)15-8-4-3-5-9-15/h3-10H2,1-2H3. The van der Waals surface area contributed by atoms with Gasteiger partial charge in [0, 0.05) is 0 Å². The summed E-state index contributed by atoms with van der Waals surface area (Å²) in [6, 6.07) is 2.63. The van der Waals surface area contributed by atoms with Gasteiger partial charge < -0.3 is 0 Å². The van der Waals surface area contributed by atoms with Crippen LogP contribution in [0.2, 0.25) is 0 Å². The predicted molar refractivity (Wildman–Crippen MR) is 61.4 cm³/mol. The molecule has 0 aromatic carbocycles. The van der Waals surface area contributed by atoms with Gasteiger partial charge in [-0.05, 0) is 50.6 Å². The van der Waals surface area contributed by atoms with E-state index in [0.29, 0.717) is 5.41 Å². The van der Waals surface area contributed by atoms with E-state index in [1.165, 1.54) is 25.7 Å². The van der Waals surface area contributed by atoms with E-state index in [9.17, 15) is 5.26 Å². The molecule has 1 atom stereocenters. The average Bonchev–Trinajstić information content (AvgIpc) is 2.57. The Hall–Kier alpha value is -0.550. The van der Waals surface area contributed by atoms with Gasteiger partial charge in [-0.3, -0.25) is 4.90 Å². The summed E-state index contributed by atoms with van der Waals surface area (Å²) in [6.45, 7) is 6.89. The lowest BCUT2D eigenvalue weighted by Gasteiger charge is -2.39. The average molecular weight is 206 g/mol. The van der Waals surface area contributed by atoms with Crippen LogP contribution < -0.4 is 0 Å². The van der Waals surface area contributed by atoms with Crippen molar-refractivity contribution < 1.29 is 0 Å². The third-order valence-corrected chi connectivity index (χ3v) is 4.16. The summed E-state index contributed by atoms with van der Waals surface area (Å²) in [5, 5.41) is 9.51. The number of rotatable bonds is 1. The van der Waals surface area contributed by atoms with E-state index in [2.05, 4.69) is 24.8 Å². The SMILES string of the molecule is CC1(C)CCC(C#N)(N2CCCCC2)C1. The molecule has 1 saturated heterocycles. The van der Waals surface area contributed by atoms with Gasteiger partial charge in [-0.2, -0.15) is 5.26 Å². The summed E-state index contributed by atoms with van der Waals surface area (Å²) in [4.78, 5) is 2.46. The molecule has 1 aliphatic carbocycles. The van der Waals surface area contributed by atoms with E-state index in [-0.39, 0.29) is 5.54 Å². The monoisotopic (exact) mass is 206 g/mol. The molecule has 0 spiro atoms. The highest BCUT2D eigenvalue weighted by molar-refractivity contribution is 5.15. The molecule has 1 heterocycles. The van der Waals surface area contributed by atoms with Crippen LogP contribution in [0.4, 0.5) is 0 Å². The molecule has 0 aromatic heterocycles. The Morgan fingerprint density at radius 3 is 2.20 bits per heavy atom. The zero-order valence-corrected chi connectivity index (χ0v) is 10.1. The van der Waals surface area contributed by atoms with Crippen LogP contribution in [0.1, 0.15) is 52.4 Å². The lowest BCUT2D eigenvalue weighted by molar-refractivity contribution is 0.105. The van der Waals surface area contributed by atoms with Gasteiger partial charge >= 0.3 is 0 Å². The third-order valence-electron chi connectivity index (χ3n) is 4.16. The topological polar surface area (TPSA) is 27.0 Å². The Morgan fingerprint density at radius 2 is 1.73 bits per heavy atom. The van der Waals surface area contributed by atoms with Crippen molar-refractivity contribution in [2.24, 2.45) is 5.41 Å². The second-order valence-corrected chi connectivity index (χ2v) is 6.03. The molecular formula is C13H22N2. The number of likely N-dealkylation sites (tertiary alicyclic amines) is 1. The Bertz CT molecular complexity index is 271. The van der Waals surface area contributed by atoms with Crippen molar-refractivity contribution in [1.82, 2.24) is 4.90 Å². The Labute approximate surface area is 93.3 Å². The first kappa shape index (κ1) is 11.0. The maximum absolute atomic E-state index is 9.51.